The van der Waals surface area contributed by atoms with E-state index in [1.165, 1.54) is 55.8 Å². The van der Waals surface area contributed by atoms with Crippen LogP contribution in [0.1, 0.15) is 44.1 Å². The van der Waals surface area contributed by atoms with E-state index < -0.39 is 0 Å². The molecular formula is C17H23Br. The summed E-state index contributed by atoms with van der Waals surface area (Å²) in [6.07, 6.45) is 10.1. The highest BCUT2D eigenvalue weighted by Crippen LogP contribution is 2.58. The Morgan fingerprint density at radius 1 is 1.17 bits per heavy atom. The van der Waals surface area contributed by atoms with Gasteiger partial charge in [-0.05, 0) is 61.3 Å². The van der Waals surface area contributed by atoms with Gasteiger partial charge in [0.2, 0.25) is 0 Å². The predicted molar refractivity (Wildman–Crippen MR) is 81.1 cm³/mol. The van der Waals surface area contributed by atoms with Gasteiger partial charge < -0.3 is 0 Å². The third-order valence-corrected chi connectivity index (χ3v) is 6.47. The summed E-state index contributed by atoms with van der Waals surface area (Å²) in [4.78, 5) is 0. The zero-order valence-electron chi connectivity index (χ0n) is 11.1. The van der Waals surface area contributed by atoms with Crippen molar-refractivity contribution < 1.29 is 0 Å². The largest absolute Gasteiger partial charge is 0.0922 e. The van der Waals surface area contributed by atoms with E-state index >= 15 is 0 Å². The second-order valence-corrected chi connectivity index (χ2v) is 6.98. The lowest BCUT2D eigenvalue weighted by Crippen LogP contribution is -2.29. The second kappa shape index (κ2) is 5.36. The zero-order valence-corrected chi connectivity index (χ0v) is 12.7. The summed E-state index contributed by atoms with van der Waals surface area (Å²) >= 11 is 3.82. The molecule has 0 saturated heterocycles. The Morgan fingerprint density at radius 3 is 2.61 bits per heavy atom. The molecule has 3 unspecified atom stereocenters. The maximum Gasteiger partial charge on any atom is 0.00907 e. The van der Waals surface area contributed by atoms with Crippen LogP contribution in [0.15, 0.2) is 30.3 Å². The van der Waals surface area contributed by atoms with Crippen molar-refractivity contribution >= 4 is 15.9 Å². The van der Waals surface area contributed by atoms with Gasteiger partial charge in [-0.3, -0.25) is 0 Å². The van der Waals surface area contributed by atoms with Crippen LogP contribution >= 0.6 is 15.9 Å². The highest BCUT2D eigenvalue weighted by Gasteiger charge is 2.49. The highest BCUT2D eigenvalue weighted by molar-refractivity contribution is 9.09. The summed E-state index contributed by atoms with van der Waals surface area (Å²) in [6, 6.07) is 11.0. The summed E-state index contributed by atoms with van der Waals surface area (Å²) in [5, 5.41) is 1.23. The molecule has 0 radical (unpaired) electrons. The second-order valence-electron chi connectivity index (χ2n) is 6.42. The average molecular weight is 307 g/mol. The fourth-order valence-corrected chi connectivity index (χ4v) is 5.35. The number of halogens is 1. The number of rotatable bonds is 5. The molecule has 2 fully saturated rings. The van der Waals surface area contributed by atoms with Gasteiger partial charge in [-0.15, -0.1) is 0 Å². The number of hydrogen-bond donors (Lipinski definition) is 0. The first-order valence-electron chi connectivity index (χ1n) is 7.42. The lowest BCUT2D eigenvalue weighted by atomic mass is 9.71. The van der Waals surface area contributed by atoms with Crippen LogP contribution < -0.4 is 0 Å². The van der Waals surface area contributed by atoms with Crippen molar-refractivity contribution in [2.75, 3.05) is 5.33 Å². The van der Waals surface area contributed by atoms with Crippen LogP contribution in [0, 0.1) is 17.3 Å². The molecule has 3 atom stereocenters. The molecule has 3 rings (SSSR count). The zero-order chi connectivity index (χ0) is 12.4. The molecule has 0 heterocycles. The maximum atomic E-state index is 3.82. The summed E-state index contributed by atoms with van der Waals surface area (Å²) < 4.78 is 0. The van der Waals surface area contributed by atoms with Gasteiger partial charge in [0.25, 0.3) is 0 Å². The van der Waals surface area contributed by atoms with E-state index in [1.807, 2.05) is 0 Å². The van der Waals surface area contributed by atoms with E-state index in [-0.39, 0.29) is 0 Å². The molecule has 2 aliphatic rings. The minimum Gasteiger partial charge on any atom is -0.0922 e. The number of hydrogen-bond acceptors (Lipinski definition) is 0. The molecule has 1 aromatic rings. The van der Waals surface area contributed by atoms with E-state index in [0.29, 0.717) is 5.41 Å². The van der Waals surface area contributed by atoms with Crippen molar-refractivity contribution in [1.29, 1.82) is 0 Å². The molecule has 18 heavy (non-hydrogen) atoms. The molecule has 2 aliphatic carbocycles. The Labute approximate surface area is 119 Å². The number of benzene rings is 1. The summed E-state index contributed by atoms with van der Waals surface area (Å²) in [5.41, 5.74) is 2.16. The summed E-state index contributed by atoms with van der Waals surface area (Å²) in [6.45, 7) is 0. The smallest absolute Gasteiger partial charge is 0.00907 e. The molecule has 1 heteroatoms. The molecular weight excluding hydrogens is 284 g/mol. The monoisotopic (exact) mass is 306 g/mol. The standard InChI is InChI=1S/C17H23Br/c18-13-17(12-15-8-9-16(17)11-15)10-4-7-14-5-2-1-3-6-14/h1-3,5-6,15-16H,4,7-13H2. The first-order chi connectivity index (χ1) is 8.82. The van der Waals surface area contributed by atoms with Crippen molar-refractivity contribution in [1.82, 2.24) is 0 Å². The summed E-state index contributed by atoms with van der Waals surface area (Å²) in [7, 11) is 0. The van der Waals surface area contributed by atoms with Gasteiger partial charge in [-0.1, -0.05) is 52.7 Å². The molecule has 2 saturated carbocycles. The van der Waals surface area contributed by atoms with Gasteiger partial charge in [0.1, 0.15) is 0 Å². The van der Waals surface area contributed by atoms with Gasteiger partial charge in [0.05, 0.1) is 0 Å². The SMILES string of the molecule is BrCC1(CCCc2ccccc2)CC2CCC1C2. The average Bonchev–Trinajstić information content (AvgIpc) is 3.01. The van der Waals surface area contributed by atoms with Crippen LogP contribution in [0.4, 0.5) is 0 Å². The van der Waals surface area contributed by atoms with Crippen molar-refractivity contribution in [3.8, 4) is 0 Å². The molecule has 98 valence electrons. The summed E-state index contributed by atoms with van der Waals surface area (Å²) in [5.74, 6) is 2.09. The van der Waals surface area contributed by atoms with Gasteiger partial charge in [-0.2, -0.15) is 0 Å². The Bertz CT molecular complexity index is 386. The molecule has 0 nitrogen and oxygen atoms in total. The van der Waals surface area contributed by atoms with Crippen molar-refractivity contribution in [3.05, 3.63) is 35.9 Å². The van der Waals surface area contributed by atoms with Gasteiger partial charge in [-0.25, -0.2) is 0 Å². The van der Waals surface area contributed by atoms with Crippen LogP contribution in [0.5, 0.6) is 0 Å². The Balaban J connectivity index is 1.56. The van der Waals surface area contributed by atoms with Crippen LogP contribution in [0.2, 0.25) is 0 Å². The van der Waals surface area contributed by atoms with Crippen molar-refractivity contribution in [3.63, 3.8) is 0 Å². The first-order valence-corrected chi connectivity index (χ1v) is 8.54. The van der Waals surface area contributed by atoms with Gasteiger partial charge in [0, 0.05) is 5.33 Å². The van der Waals surface area contributed by atoms with Crippen LogP contribution in [-0.2, 0) is 6.42 Å². The Morgan fingerprint density at radius 2 is 2.00 bits per heavy atom. The van der Waals surface area contributed by atoms with Gasteiger partial charge in [0.15, 0.2) is 0 Å². The van der Waals surface area contributed by atoms with Gasteiger partial charge >= 0.3 is 0 Å². The van der Waals surface area contributed by atoms with E-state index in [2.05, 4.69) is 46.3 Å². The fourth-order valence-electron chi connectivity index (χ4n) is 4.38. The third kappa shape index (κ3) is 2.39. The number of aryl methyl sites for hydroxylation is 1. The molecule has 0 aromatic heterocycles. The Kier molecular flexibility index (Phi) is 3.79. The molecule has 0 N–H and O–H groups in total. The molecule has 1 aromatic carbocycles. The van der Waals surface area contributed by atoms with E-state index in [1.54, 1.807) is 0 Å². The quantitative estimate of drug-likeness (QED) is 0.655. The van der Waals surface area contributed by atoms with Crippen LogP contribution in [-0.4, -0.2) is 5.33 Å². The first kappa shape index (κ1) is 12.7. The topological polar surface area (TPSA) is 0 Å². The number of alkyl halides is 1. The van der Waals surface area contributed by atoms with E-state index in [9.17, 15) is 0 Å². The minimum absolute atomic E-state index is 0.650. The van der Waals surface area contributed by atoms with Crippen LogP contribution in [0.25, 0.3) is 0 Å². The van der Waals surface area contributed by atoms with Crippen molar-refractivity contribution in [2.45, 2.75) is 44.9 Å². The molecule has 0 amide bonds. The molecule has 0 aliphatic heterocycles. The number of fused-ring (bicyclic) bond motifs is 2. The third-order valence-electron chi connectivity index (χ3n) is 5.35. The van der Waals surface area contributed by atoms with E-state index in [4.69, 9.17) is 0 Å². The fraction of sp³-hybridized carbons (Fsp3) is 0.647. The van der Waals surface area contributed by atoms with Crippen molar-refractivity contribution in [2.24, 2.45) is 17.3 Å². The normalized spacial score (nSPS) is 34.1. The highest BCUT2D eigenvalue weighted by atomic mass is 79.9. The predicted octanol–water partition coefficient (Wildman–Crippen LogP) is 5.21. The lowest BCUT2D eigenvalue weighted by molar-refractivity contribution is 0.177. The van der Waals surface area contributed by atoms with E-state index in [0.717, 1.165) is 11.8 Å². The maximum absolute atomic E-state index is 3.82. The molecule has 2 bridgehead atoms. The lowest BCUT2D eigenvalue weighted by Gasteiger charge is -2.36. The minimum atomic E-state index is 0.650. The molecule has 0 spiro atoms. The Hall–Kier alpha value is -0.300. The van der Waals surface area contributed by atoms with Crippen LogP contribution in [0.3, 0.4) is 0 Å².